The van der Waals surface area contributed by atoms with Crippen molar-refractivity contribution in [1.82, 2.24) is 9.29 Å². The molecule has 2 N–H and O–H groups in total. The summed E-state index contributed by atoms with van der Waals surface area (Å²) in [5.41, 5.74) is 2.23. The quantitative estimate of drug-likeness (QED) is 0.795. The number of nitrogens with zero attached hydrogens (tertiary/aromatic N) is 2. The van der Waals surface area contributed by atoms with Gasteiger partial charge in [-0.15, -0.1) is 6.58 Å². The summed E-state index contributed by atoms with van der Waals surface area (Å²) in [7, 11) is -2.19. The normalized spacial score (nSPS) is 17.4. The molecule has 1 aliphatic rings. The third-order valence-electron chi connectivity index (χ3n) is 4.32. The van der Waals surface area contributed by atoms with E-state index in [1.165, 1.54) is 16.8 Å². The van der Waals surface area contributed by atoms with Gasteiger partial charge in [0.2, 0.25) is 10.0 Å². The number of hydrogen-bond acceptors (Lipinski definition) is 4. The van der Waals surface area contributed by atoms with Crippen LogP contribution in [0.3, 0.4) is 0 Å². The van der Waals surface area contributed by atoms with Crippen molar-refractivity contribution < 1.29 is 13.2 Å². The summed E-state index contributed by atoms with van der Waals surface area (Å²) in [6.45, 7) is 5.41. The molecule has 3 rings (SSSR count). The van der Waals surface area contributed by atoms with Crippen molar-refractivity contribution in [2.75, 3.05) is 5.32 Å². The standard InChI is InChI=1S/C19H18N4O3S/c1-4-14-7-8-16-17(27(25,26)22-14)11-23(3)18(16)19(24)21-15-6-5-12(2)13(9-15)10-20/h4-9,11,14,22H,1H2,2-3H3,(H,21,24). The van der Waals surface area contributed by atoms with Gasteiger partial charge in [-0.25, -0.2) is 13.1 Å². The number of nitrogens with one attached hydrogen (secondary N) is 2. The molecule has 7 nitrogen and oxygen atoms in total. The number of carbonyl (C=O) groups excluding carboxylic acids is 1. The van der Waals surface area contributed by atoms with Gasteiger partial charge in [-0.2, -0.15) is 5.26 Å². The van der Waals surface area contributed by atoms with Crippen molar-refractivity contribution in [3.8, 4) is 6.07 Å². The smallest absolute Gasteiger partial charge is 0.272 e. The van der Waals surface area contributed by atoms with Crippen LogP contribution in [0, 0.1) is 18.3 Å². The maximum atomic E-state index is 12.8. The van der Waals surface area contributed by atoms with Crippen LogP contribution in [0.2, 0.25) is 0 Å². The maximum Gasteiger partial charge on any atom is 0.272 e. The SMILES string of the molecule is C=CC1C=Cc2c(cn(C)c2C(=O)Nc2ccc(C)c(C#N)c2)S(=O)(=O)N1. The van der Waals surface area contributed by atoms with Crippen LogP contribution in [0.5, 0.6) is 0 Å². The monoisotopic (exact) mass is 382 g/mol. The number of amides is 1. The molecule has 0 aliphatic carbocycles. The zero-order chi connectivity index (χ0) is 19.8. The van der Waals surface area contributed by atoms with Crippen molar-refractivity contribution in [3.63, 3.8) is 0 Å². The van der Waals surface area contributed by atoms with Crippen LogP contribution in [0.1, 0.15) is 27.2 Å². The molecule has 0 spiro atoms. The predicted octanol–water partition coefficient (Wildman–Crippen LogP) is 2.32. The minimum atomic E-state index is -3.79. The molecule has 1 aromatic carbocycles. The number of anilines is 1. The van der Waals surface area contributed by atoms with E-state index in [4.69, 9.17) is 5.26 Å². The van der Waals surface area contributed by atoms with E-state index in [1.807, 2.05) is 0 Å². The molecule has 1 aliphatic heterocycles. The number of nitriles is 1. The molecule has 1 aromatic heterocycles. The lowest BCUT2D eigenvalue weighted by Crippen LogP contribution is -2.30. The highest BCUT2D eigenvalue weighted by molar-refractivity contribution is 7.89. The van der Waals surface area contributed by atoms with E-state index < -0.39 is 22.0 Å². The summed E-state index contributed by atoms with van der Waals surface area (Å²) < 4.78 is 29.1. The first-order valence-electron chi connectivity index (χ1n) is 8.11. The first-order chi connectivity index (χ1) is 12.8. The second-order valence-electron chi connectivity index (χ2n) is 6.20. The van der Waals surface area contributed by atoms with E-state index in [0.29, 0.717) is 16.8 Å². The number of aromatic nitrogens is 1. The number of sulfonamides is 1. The molecule has 1 atom stereocenters. The minimum absolute atomic E-state index is 0.0253. The fourth-order valence-corrected chi connectivity index (χ4v) is 4.30. The van der Waals surface area contributed by atoms with Crippen LogP contribution in [-0.4, -0.2) is 24.9 Å². The highest BCUT2D eigenvalue weighted by Crippen LogP contribution is 2.27. The van der Waals surface area contributed by atoms with E-state index in [0.717, 1.165) is 5.56 Å². The molecule has 27 heavy (non-hydrogen) atoms. The van der Waals surface area contributed by atoms with E-state index in [2.05, 4.69) is 22.7 Å². The average Bonchev–Trinajstić information content (AvgIpc) is 2.91. The molecule has 1 unspecified atom stereocenters. The van der Waals surface area contributed by atoms with Crippen molar-refractivity contribution in [2.45, 2.75) is 17.9 Å². The molecule has 0 fully saturated rings. The van der Waals surface area contributed by atoms with E-state index in [-0.39, 0.29) is 10.6 Å². The van der Waals surface area contributed by atoms with Gasteiger partial charge in [0.25, 0.3) is 5.91 Å². The Balaban J connectivity index is 2.04. The molecule has 2 aromatic rings. The third-order valence-corrected chi connectivity index (χ3v) is 5.81. The Kier molecular flexibility index (Phi) is 4.74. The lowest BCUT2D eigenvalue weighted by molar-refractivity contribution is 0.101. The Morgan fingerprint density at radius 2 is 2.19 bits per heavy atom. The van der Waals surface area contributed by atoms with Crippen LogP contribution in [0.4, 0.5) is 5.69 Å². The van der Waals surface area contributed by atoms with Crippen LogP contribution < -0.4 is 10.0 Å². The Hall–Kier alpha value is -3.15. The molecule has 1 amide bonds. The van der Waals surface area contributed by atoms with Gasteiger partial charge in [0, 0.05) is 24.5 Å². The molecule has 0 saturated carbocycles. The lowest BCUT2D eigenvalue weighted by atomic mass is 10.1. The molecule has 8 heteroatoms. The Morgan fingerprint density at radius 3 is 2.85 bits per heavy atom. The Bertz CT molecular complexity index is 1120. The number of benzene rings is 1. The zero-order valence-electron chi connectivity index (χ0n) is 14.9. The molecule has 0 bridgehead atoms. The zero-order valence-corrected chi connectivity index (χ0v) is 15.7. The minimum Gasteiger partial charge on any atom is -0.345 e. The van der Waals surface area contributed by atoms with Gasteiger partial charge in [-0.1, -0.05) is 24.3 Å². The van der Waals surface area contributed by atoms with E-state index >= 15 is 0 Å². The molecule has 0 radical (unpaired) electrons. The summed E-state index contributed by atoms with van der Waals surface area (Å²) in [5, 5.41) is 11.9. The maximum absolute atomic E-state index is 12.8. The summed E-state index contributed by atoms with van der Waals surface area (Å²) in [4.78, 5) is 12.9. The summed E-state index contributed by atoms with van der Waals surface area (Å²) >= 11 is 0. The highest BCUT2D eigenvalue weighted by atomic mass is 32.2. The summed E-state index contributed by atoms with van der Waals surface area (Å²) in [6.07, 6.45) is 6.10. The van der Waals surface area contributed by atoms with Crippen LogP contribution >= 0.6 is 0 Å². The van der Waals surface area contributed by atoms with Gasteiger partial charge >= 0.3 is 0 Å². The third kappa shape index (κ3) is 3.43. The van der Waals surface area contributed by atoms with Gasteiger partial charge in [0.05, 0.1) is 17.7 Å². The fourth-order valence-electron chi connectivity index (χ4n) is 2.89. The number of carbonyl (C=O) groups is 1. The van der Waals surface area contributed by atoms with Crippen molar-refractivity contribution in [3.05, 3.63) is 65.5 Å². The van der Waals surface area contributed by atoms with Gasteiger partial charge in [-0.05, 0) is 24.6 Å². The van der Waals surface area contributed by atoms with Gasteiger partial charge in [0.1, 0.15) is 10.6 Å². The molecule has 0 saturated heterocycles. The van der Waals surface area contributed by atoms with Crippen molar-refractivity contribution in [2.24, 2.45) is 7.05 Å². The Morgan fingerprint density at radius 1 is 1.44 bits per heavy atom. The summed E-state index contributed by atoms with van der Waals surface area (Å²) in [5.74, 6) is -0.469. The first kappa shape index (κ1) is 18.6. The first-order valence-corrected chi connectivity index (χ1v) is 9.59. The number of fused-ring (bicyclic) bond motifs is 1. The van der Waals surface area contributed by atoms with Crippen LogP contribution in [0.15, 0.2) is 48.0 Å². The van der Waals surface area contributed by atoms with E-state index in [1.54, 1.807) is 44.3 Å². The largest absolute Gasteiger partial charge is 0.345 e. The topological polar surface area (TPSA) is 104 Å². The second kappa shape index (κ2) is 6.87. The highest BCUT2D eigenvalue weighted by Gasteiger charge is 2.29. The van der Waals surface area contributed by atoms with Gasteiger partial charge in [-0.3, -0.25) is 4.79 Å². The fraction of sp³-hybridized carbons (Fsp3) is 0.158. The molecular weight excluding hydrogens is 364 g/mol. The Labute approximate surface area is 157 Å². The molecule has 138 valence electrons. The van der Waals surface area contributed by atoms with Gasteiger partial charge < -0.3 is 9.88 Å². The summed E-state index contributed by atoms with van der Waals surface area (Å²) in [6, 6.07) is 6.52. The number of aryl methyl sites for hydroxylation is 2. The lowest BCUT2D eigenvalue weighted by Gasteiger charge is -2.09. The number of hydrogen-bond donors (Lipinski definition) is 2. The second-order valence-corrected chi connectivity index (χ2v) is 7.89. The van der Waals surface area contributed by atoms with E-state index in [9.17, 15) is 13.2 Å². The molecular formula is C19H18N4O3S. The van der Waals surface area contributed by atoms with Crippen LogP contribution in [0.25, 0.3) is 6.08 Å². The van der Waals surface area contributed by atoms with Crippen molar-refractivity contribution in [1.29, 1.82) is 5.26 Å². The van der Waals surface area contributed by atoms with Crippen molar-refractivity contribution >= 4 is 27.7 Å². The predicted molar refractivity (Wildman–Crippen MR) is 103 cm³/mol. The van der Waals surface area contributed by atoms with Crippen LogP contribution in [-0.2, 0) is 17.1 Å². The average molecular weight is 382 g/mol. The molecule has 2 heterocycles. The number of rotatable bonds is 3. The van der Waals surface area contributed by atoms with Gasteiger partial charge in [0.15, 0.2) is 0 Å².